The first-order chi connectivity index (χ1) is 15.2. The van der Waals surface area contributed by atoms with Crippen molar-refractivity contribution in [2.45, 2.75) is 13.5 Å². The maximum absolute atomic E-state index is 12.8. The molecule has 4 rings (SSSR count). The highest BCUT2D eigenvalue weighted by Crippen LogP contribution is 2.26. The second-order valence-corrected chi connectivity index (χ2v) is 7.12. The molecule has 1 heterocycles. The summed E-state index contributed by atoms with van der Waals surface area (Å²) in [4.78, 5) is 26.9. The number of hydrogen-bond donors (Lipinski definition) is 0. The van der Waals surface area contributed by atoms with E-state index in [2.05, 4.69) is 5.10 Å². The van der Waals surface area contributed by atoms with Crippen LogP contribution in [0.15, 0.2) is 85.2 Å². The summed E-state index contributed by atoms with van der Waals surface area (Å²) in [5.41, 5.74) is 2.20. The van der Waals surface area contributed by atoms with E-state index in [1.807, 2.05) is 79.7 Å². The molecule has 0 aliphatic rings. The first-order valence-corrected chi connectivity index (χ1v) is 10.2. The molecule has 0 bridgehead atoms. The van der Waals surface area contributed by atoms with Gasteiger partial charge in [0.1, 0.15) is 0 Å². The summed E-state index contributed by atoms with van der Waals surface area (Å²) >= 11 is 0. The van der Waals surface area contributed by atoms with Gasteiger partial charge >= 0.3 is 5.97 Å². The average Bonchev–Trinajstić information content (AvgIpc) is 3.27. The molecule has 0 fully saturated rings. The number of aromatic nitrogens is 2. The number of ether oxygens (including phenoxy) is 1. The van der Waals surface area contributed by atoms with Crippen LogP contribution >= 0.6 is 0 Å². The van der Waals surface area contributed by atoms with Crippen molar-refractivity contribution >= 4 is 28.3 Å². The van der Waals surface area contributed by atoms with Gasteiger partial charge in [0.15, 0.2) is 6.61 Å². The van der Waals surface area contributed by atoms with E-state index in [0.29, 0.717) is 18.7 Å². The normalized spacial score (nSPS) is 10.7. The van der Waals surface area contributed by atoms with Crippen LogP contribution in [-0.2, 0) is 16.1 Å². The summed E-state index contributed by atoms with van der Waals surface area (Å²) in [5, 5.41) is 6.24. The van der Waals surface area contributed by atoms with Gasteiger partial charge in [-0.1, -0.05) is 66.7 Å². The van der Waals surface area contributed by atoms with E-state index in [9.17, 15) is 9.59 Å². The highest BCUT2D eigenvalue weighted by atomic mass is 16.5. The third-order valence-electron chi connectivity index (χ3n) is 5.06. The van der Waals surface area contributed by atoms with Crippen LogP contribution in [0.5, 0.6) is 0 Å². The van der Waals surface area contributed by atoms with Gasteiger partial charge in [0.2, 0.25) is 0 Å². The van der Waals surface area contributed by atoms with Crippen molar-refractivity contribution in [3.8, 4) is 0 Å². The molecule has 0 N–H and O–H groups in total. The Bertz CT molecular complexity index is 1200. The zero-order valence-corrected chi connectivity index (χ0v) is 17.3. The van der Waals surface area contributed by atoms with E-state index in [4.69, 9.17) is 4.74 Å². The Labute approximate surface area is 180 Å². The lowest BCUT2D eigenvalue weighted by atomic mass is 10.1. The molecular formula is C25H23N3O3. The Morgan fingerprint density at radius 3 is 2.52 bits per heavy atom. The smallest absolute Gasteiger partial charge is 0.341 e. The molecule has 0 unspecified atom stereocenters. The summed E-state index contributed by atoms with van der Waals surface area (Å²) in [6, 6.07) is 23.5. The first-order valence-electron chi connectivity index (χ1n) is 10.2. The molecule has 4 aromatic rings. The van der Waals surface area contributed by atoms with Crippen LogP contribution < -0.4 is 4.90 Å². The lowest BCUT2D eigenvalue weighted by molar-refractivity contribution is -0.121. The van der Waals surface area contributed by atoms with Crippen LogP contribution in [0, 0.1) is 0 Å². The minimum absolute atomic E-state index is 0.274. The van der Waals surface area contributed by atoms with Gasteiger partial charge in [-0.3, -0.25) is 9.48 Å². The van der Waals surface area contributed by atoms with Gasteiger partial charge in [-0.2, -0.15) is 5.10 Å². The maximum atomic E-state index is 12.8. The second-order valence-electron chi connectivity index (χ2n) is 7.12. The highest BCUT2D eigenvalue weighted by Gasteiger charge is 2.19. The monoisotopic (exact) mass is 413 g/mol. The maximum Gasteiger partial charge on any atom is 0.341 e. The third-order valence-corrected chi connectivity index (χ3v) is 5.06. The quantitative estimate of drug-likeness (QED) is 0.424. The SMILES string of the molecule is CCN(C(=O)COC(=O)c1cnn(Cc2ccccc2)c1)c1cccc2ccccc12. The van der Waals surface area contributed by atoms with Crippen molar-refractivity contribution in [2.75, 3.05) is 18.1 Å². The van der Waals surface area contributed by atoms with Gasteiger partial charge in [-0.05, 0) is 23.9 Å². The fourth-order valence-electron chi connectivity index (χ4n) is 3.54. The molecule has 0 radical (unpaired) electrons. The largest absolute Gasteiger partial charge is 0.452 e. The molecule has 0 atom stereocenters. The minimum atomic E-state index is -0.568. The second kappa shape index (κ2) is 9.26. The van der Waals surface area contributed by atoms with Crippen molar-refractivity contribution in [1.82, 2.24) is 9.78 Å². The summed E-state index contributed by atoms with van der Waals surface area (Å²) < 4.78 is 6.96. The number of benzene rings is 3. The Hall–Kier alpha value is -3.93. The Morgan fingerprint density at radius 1 is 0.968 bits per heavy atom. The minimum Gasteiger partial charge on any atom is -0.452 e. The van der Waals surface area contributed by atoms with Crippen molar-refractivity contribution in [3.05, 3.63) is 96.3 Å². The van der Waals surface area contributed by atoms with Crippen LogP contribution in [-0.4, -0.2) is 34.8 Å². The molecular weight excluding hydrogens is 390 g/mol. The van der Waals surface area contributed by atoms with Crippen LogP contribution in [0.3, 0.4) is 0 Å². The summed E-state index contributed by atoms with van der Waals surface area (Å²) in [6.45, 7) is 2.59. The lowest BCUT2D eigenvalue weighted by Gasteiger charge is -2.22. The van der Waals surface area contributed by atoms with Crippen LogP contribution in [0.2, 0.25) is 0 Å². The molecule has 0 saturated carbocycles. The van der Waals surface area contributed by atoms with Crippen LogP contribution in [0.25, 0.3) is 10.8 Å². The van der Waals surface area contributed by atoms with Crippen molar-refractivity contribution in [3.63, 3.8) is 0 Å². The Morgan fingerprint density at radius 2 is 1.71 bits per heavy atom. The van der Waals surface area contributed by atoms with Crippen molar-refractivity contribution in [1.29, 1.82) is 0 Å². The number of esters is 1. The molecule has 6 nitrogen and oxygen atoms in total. The first kappa shape index (κ1) is 20.3. The van der Waals surface area contributed by atoms with E-state index in [1.54, 1.807) is 15.8 Å². The number of anilines is 1. The summed E-state index contributed by atoms with van der Waals surface area (Å²) in [7, 11) is 0. The number of nitrogens with zero attached hydrogens (tertiary/aromatic N) is 3. The van der Waals surface area contributed by atoms with Gasteiger partial charge in [0.25, 0.3) is 5.91 Å². The number of likely N-dealkylation sites (N-methyl/N-ethyl adjacent to an activating group) is 1. The molecule has 31 heavy (non-hydrogen) atoms. The lowest BCUT2D eigenvalue weighted by Crippen LogP contribution is -2.34. The molecule has 1 amide bonds. The van der Waals surface area contributed by atoms with Gasteiger partial charge in [0, 0.05) is 18.1 Å². The van der Waals surface area contributed by atoms with E-state index in [-0.39, 0.29) is 12.5 Å². The number of fused-ring (bicyclic) bond motifs is 1. The summed E-state index contributed by atoms with van der Waals surface area (Å²) in [6.07, 6.45) is 3.08. The van der Waals surface area contributed by atoms with E-state index < -0.39 is 5.97 Å². The van der Waals surface area contributed by atoms with E-state index in [0.717, 1.165) is 22.0 Å². The average molecular weight is 413 g/mol. The highest BCUT2D eigenvalue weighted by molar-refractivity contribution is 6.04. The van der Waals surface area contributed by atoms with Gasteiger partial charge in [-0.25, -0.2) is 4.79 Å². The number of carbonyl (C=O) groups is 2. The van der Waals surface area contributed by atoms with Gasteiger partial charge in [0.05, 0.1) is 24.0 Å². The zero-order chi connectivity index (χ0) is 21.6. The molecule has 156 valence electrons. The number of rotatable bonds is 7. The predicted molar refractivity (Wildman–Crippen MR) is 120 cm³/mol. The topological polar surface area (TPSA) is 64.4 Å². The molecule has 0 aliphatic carbocycles. The summed E-state index contributed by atoms with van der Waals surface area (Å²) in [5.74, 6) is -0.842. The molecule has 6 heteroatoms. The number of hydrogen-bond acceptors (Lipinski definition) is 4. The number of amides is 1. The molecule has 0 saturated heterocycles. The molecule has 1 aromatic heterocycles. The standard InChI is InChI=1S/C25H23N3O3/c1-2-28(23-14-8-12-20-11-6-7-13-22(20)23)24(29)18-31-25(30)21-15-26-27(17-21)16-19-9-4-3-5-10-19/h3-15,17H,2,16,18H2,1H3. The van der Waals surface area contributed by atoms with Gasteiger partial charge < -0.3 is 9.64 Å². The number of carbonyl (C=O) groups excluding carboxylic acids is 2. The van der Waals surface area contributed by atoms with Gasteiger partial charge in [-0.15, -0.1) is 0 Å². The van der Waals surface area contributed by atoms with E-state index in [1.165, 1.54) is 6.20 Å². The zero-order valence-electron chi connectivity index (χ0n) is 17.3. The van der Waals surface area contributed by atoms with Crippen LogP contribution in [0.4, 0.5) is 5.69 Å². The predicted octanol–water partition coefficient (Wildman–Crippen LogP) is 4.29. The fourth-order valence-corrected chi connectivity index (χ4v) is 3.54. The van der Waals surface area contributed by atoms with E-state index >= 15 is 0 Å². The fraction of sp³-hybridized carbons (Fsp3) is 0.160. The molecule has 0 aliphatic heterocycles. The Kier molecular flexibility index (Phi) is 6.08. The van der Waals surface area contributed by atoms with Crippen molar-refractivity contribution < 1.29 is 14.3 Å². The molecule has 3 aromatic carbocycles. The van der Waals surface area contributed by atoms with Crippen molar-refractivity contribution in [2.24, 2.45) is 0 Å². The third kappa shape index (κ3) is 4.64. The molecule has 0 spiro atoms. The van der Waals surface area contributed by atoms with Crippen LogP contribution in [0.1, 0.15) is 22.8 Å². The Balaban J connectivity index is 1.41.